The SMILES string of the molecule is CCC[C@H]1CCCCN1c1ccccc1F. The van der Waals surface area contributed by atoms with Crippen LogP contribution in [0, 0.1) is 5.82 Å². The van der Waals surface area contributed by atoms with E-state index >= 15 is 0 Å². The molecule has 0 saturated carbocycles. The third-order valence-electron chi connectivity index (χ3n) is 3.41. The monoisotopic (exact) mass is 221 g/mol. The lowest BCUT2D eigenvalue weighted by atomic mass is 9.97. The third kappa shape index (κ3) is 2.37. The first-order valence-electron chi connectivity index (χ1n) is 6.34. The molecule has 1 atom stereocenters. The minimum atomic E-state index is -0.0782. The Morgan fingerprint density at radius 3 is 2.88 bits per heavy atom. The Hall–Kier alpha value is -1.05. The first-order chi connectivity index (χ1) is 7.83. The molecule has 0 aliphatic carbocycles. The van der Waals surface area contributed by atoms with E-state index in [1.165, 1.54) is 32.1 Å². The molecule has 0 radical (unpaired) electrons. The Morgan fingerprint density at radius 1 is 1.31 bits per heavy atom. The van der Waals surface area contributed by atoms with Crippen molar-refractivity contribution < 1.29 is 4.39 Å². The quantitative estimate of drug-likeness (QED) is 0.746. The summed E-state index contributed by atoms with van der Waals surface area (Å²) < 4.78 is 13.7. The topological polar surface area (TPSA) is 3.24 Å². The summed E-state index contributed by atoms with van der Waals surface area (Å²) >= 11 is 0. The number of benzene rings is 1. The van der Waals surface area contributed by atoms with Gasteiger partial charge in [-0.2, -0.15) is 0 Å². The standard InChI is InChI=1S/C14H20FN/c1-2-7-12-8-5-6-11-16(12)14-10-4-3-9-13(14)15/h3-4,9-10,12H,2,5-8,11H2,1H3/t12-/m0/s1. The van der Waals surface area contributed by atoms with Crippen LogP contribution in [0.5, 0.6) is 0 Å². The van der Waals surface area contributed by atoms with Gasteiger partial charge < -0.3 is 4.90 Å². The summed E-state index contributed by atoms with van der Waals surface area (Å²) in [5.74, 6) is -0.0782. The molecule has 0 amide bonds. The second-order valence-corrected chi connectivity index (χ2v) is 4.58. The highest BCUT2D eigenvalue weighted by Crippen LogP contribution is 2.28. The van der Waals surface area contributed by atoms with Crippen LogP contribution in [0.15, 0.2) is 24.3 Å². The van der Waals surface area contributed by atoms with E-state index in [1.807, 2.05) is 12.1 Å². The van der Waals surface area contributed by atoms with Gasteiger partial charge in [0.15, 0.2) is 0 Å². The van der Waals surface area contributed by atoms with Crippen molar-refractivity contribution in [2.75, 3.05) is 11.4 Å². The van der Waals surface area contributed by atoms with Crippen molar-refractivity contribution in [3.8, 4) is 0 Å². The number of piperidine rings is 1. The number of para-hydroxylation sites is 1. The second kappa shape index (κ2) is 5.33. The summed E-state index contributed by atoms with van der Waals surface area (Å²) in [5.41, 5.74) is 0.792. The van der Waals surface area contributed by atoms with Crippen LogP contribution in [0.25, 0.3) is 0 Å². The van der Waals surface area contributed by atoms with Gasteiger partial charge in [-0.05, 0) is 37.8 Å². The molecule has 16 heavy (non-hydrogen) atoms. The molecular weight excluding hydrogens is 201 g/mol. The van der Waals surface area contributed by atoms with Gasteiger partial charge in [0.05, 0.1) is 5.69 Å². The molecular formula is C14H20FN. The van der Waals surface area contributed by atoms with Crippen LogP contribution in [-0.4, -0.2) is 12.6 Å². The maximum Gasteiger partial charge on any atom is 0.146 e. The summed E-state index contributed by atoms with van der Waals surface area (Å²) in [6.07, 6.45) is 6.04. The number of nitrogens with zero attached hydrogens (tertiary/aromatic N) is 1. The Balaban J connectivity index is 2.19. The number of hydrogen-bond acceptors (Lipinski definition) is 1. The van der Waals surface area contributed by atoms with Gasteiger partial charge in [0.2, 0.25) is 0 Å². The highest BCUT2D eigenvalue weighted by Gasteiger charge is 2.23. The van der Waals surface area contributed by atoms with E-state index in [0.717, 1.165) is 12.2 Å². The van der Waals surface area contributed by atoms with Crippen LogP contribution in [-0.2, 0) is 0 Å². The summed E-state index contributed by atoms with van der Waals surface area (Å²) in [6, 6.07) is 7.69. The number of anilines is 1. The van der Waals surface area contributed by atoms with Gasteiger partial charge in [-0.3, -0.25) is 0 Å². The second-order valence-electron chi connectivity index (χ2n) is 4.58. The lowest BCUT2D eigenvalue weighted by Gasteiger charge is -2.37. The van der Waals surface area contributed by atoms with E-state index in [9.17, 15) is 4.39 Å². The largest absolute Gasteiger partial charge is 0.366 e. The highest BCUT2D eigenvalue weighted by atomic mass is 19.1. The fourth-order valence-electron chi connectivity index (χ4n) is 2.64. The Morgan fingerprint density at radius 2 is 2.12 bits per heavy atom. The highest BCUT2D eigenvalue weighted by molar-refractivity contribution is 5.48. The molecule has 0 bridgehead atoms. The zero-order chi connectivity index (χ0) is 11.4. The van der Waals surface area contributed by atoms with E-state index in [2.05, 4.69) is 11.8 Å². The van der Waals surface area contributed by atoms with Crippen molar-refractivity contribution in [1.29, 1.82) is 0 Å². The van der Waals surface area contributed by atoms with Crippen molar-refractivity contribution in [2.24, 2.45) is 0 Å². The first-order valence-corrected chi connectivity index (χ1v) is 6.34. The van der Waals surface area contributed by atoms with E-state index in [0.29, 0.717) is 6.04 Å². The summed E-state index contributed by atoms with van der Waals surface area (Å²) in [7, 11) is 0. The van der Waals surface area contributed by atoms with Gasteiger partial charge in [0.25, 0.3) is 0 Å². The van der Waals surface area contributed by atoms with Gasteiger partial charge >= 0.3 is 0 Å². The maximum atomic E-state index is 13.7. The van der Waals surface area contributed by atoms with Crippen molar-refractivity contribution in [3.05, 3.63) is 30.1 Å². The van der Waals surface area contributed by atoms with Crippen LogP contribution < -0.4 is 4.90 Å². The summed E-state index contributed by atoms with van der Waals surface area (Å²) in [5, 5.41) is 0. The molecule has 1 heterocycles. The third-order valence-corrected chi connectivity index (χ3v) is 3.41. The van der Waals surface area contributed by atoms with Crippen LogP contribution in [0.2, 0.25) is 0 Å². The lowest BCUT2D eigenvalue weighted by molar-refractivity contribution is 0.429. The number of halogens is 1. The lowest BCUT2D eigenvalue weighted by Crippen LogP contribution is -2.39. The van der Waals surface area contributed by atoms with Crippen molar-refractivity contribution >= 4 is 5.69 Å². The summed E-state index contributed by atoms with van der Waals surface area (Å²) in [4.78, 5) is 2.27. The van der Waals surface area contributed by atoms with Gasteiger partial charge in [-0.25, -0.2) is 4.39 Å². The number of hydrogen-bond donors (Lipinski definition) is 0. The molecule has 2 heteroatoms. The van der Waals surface area contributed by atoms with Crippen molar-refractivity contribution in [1.82, 2.24) is 0 Å². The zero-order valence-corrected chi connectivity index (χ0v) is 9.95. The van der Waals surface area contributed by atoms with Crippen molar-refractivity contribution in [2.45, 2.75) is 45.1 Å². The minimum Gasteiger partial charge on any atom is -0.366 e. The smallest absolute Gasteiger partial charge is 0.146 e. The minimum absolute atomic E-state index is 0.0782. The Labute approximate surface area is 97.3 Å². The van der Waals surface area contributed by atoms with Crippen LogP contribution in [0.1, 0.15) is 39.0 Å². The normalized spacial score (nSPS) is 21.1. The van der Waals surface area contributed by atoms with E-state index in [4.69, 9.17) is 0 Å². The average molecular weight is 221 g/mol. The molecule has 88 valence electrons. The van der Waals surface area contributed by atoms with E-state index in [-0.39, 0.29) is 5.82 Å². The van der Waals surface area contributed by atoms with Gasteiger partial charge in [0, 0.05) is 12.6 Å². The fourth-order valence-corrected chi connectivity index (χ4v) is 2.64. The van der Waals surface area contributed by atoms with E-state index in [1.54, 1.807) is 12.1 Å². The van der Waals surface area contributed by atoms with Gasteiger partial charge in [-0.1, -0.05) is 25.5 Å². The predicted octanol–water partition coefficient (Wildman–Crippen LogP) is 3.98. The molecule has 0 unspecified atom stereocenters. The van der Waals surface area contributed by atoms with Gasteiger partial charge in [0.1, 0.15) is 5.82 Å². The Kier molecular flexibility index (Phi) is 3.81. The summed E-state index contributed by atoms with van der Waals surface area (Å²) in [6.45, 7) is 3.21. The Bertz CT molecular complexity index is 335. The molecule has 2 rings (SSSR count). The number of rotatable bonds is 3. The van der Waals surface area contributed by atoms with Crippen LogP contribution in [0.4, 0.5) is 10.1 Å². The predicted molar refractivity (Wildman–Crippen MR) is 66.3 cm³/mol. The van der Waals surface area contributed by atoms with E-state index < -0.39 is 0 Å². The molecule has 1 aliphatic rings. The molecule has 1 aromatic carbocycles. The van der Waals surface area contributed by atoms with Crippen molar-refractivity contribution in [3.63, 3.8) is 0 Å². The molecule has 0 aromatic heterocycles. The maximum absolute atomic E-state index is 13.7. The molecule has 1 fully saturated rings. The fraction of sp³-hybridized carbons (Fsp3) is 0.571. The molecule has 1 aliphatic heterocycles. The van der Waals surface area contributed by atoms with Crippen LogP contribution >= 0.6 is 0 Å². The van der Waals surface area contributed by atoms with Gasteiger partial charge in [-0.15, -0.1) is 0 Å². The molecule has 1 saturated heterocycles. The molecule has 1 aromatic rings. The average Bonchev–Trinajstić information content (AvgIpc) is 2.31. The first kappa shape index (κ1) is 11.4. The molecule has 0 spiro atoms. The molecule has 0 N–H and O–H groups in total. The van der Waals surface area contributed by atoms with Crippen LogP contribution in [0.3, 0.4) is 0 Å². The zero-order valence-electron chi connectivity index (χ0n) is 9.95. The molecule has 1 nitrogen and oxygen atoms in total.